The summed E-state index contributed by atoms with van der Waals surface area (Å²) in [6, 6.07) is 0. The fraction of sp³-hybridized carbons (Fsp3) is 0.556. The quantitative estimate of drug-likeness (QED) is 0.680. The topological polar surface area (TPSA) is 100 Å². The summed E-state index contributed by atoms with van der Waals surface area (Å²) in [6.45, 7) is 0.357. The maximum Gasteiger partial charge on any atom is 0.325 e. The Morgan fingerprint density at radius 3 is 2.82 bits per heavy atom. The van der Waals surface area contributed by atoms with Crippen LogP contribution in [0.4, 0.5) is 5.82 Å². The van der Waals surface area contributed by atoms with Crippen LogP contribution in [0, 0.1) is 0 Å². The number of carbonyl (C=O) groups is 2. The van der Waals surface area contributed by atoms with E-state index in [-0.39, 0.29) is 18.3 Å². The summed E-state index contributed by atoms with van der Waals surface area (Å²) < 4.78 is 1.14. The average Bonchev–Trinajstić information content (AvgIpc) is 2.61. The second-order valence-corrected chi connectivity index (χ2v) is 3.80. The van der Waals surface area contributed by atoms with E-state index < -0.39 is 5.97 Å². The van der Waals surface area contributed by atoms with Gasteiger partial charge in [-0.25, -0.2) is 4.68 Å². The molecule has 8 heteroatoms. The number of carbonyl (C=O) groups excluding carboxylic acids is 1. The van der Waals surface area contributed by atoms with Crippen LogP contribution in [0.25, 0.3) is 0 Å². The van der Waals surface area contributed by atoms with Crippen molar-refractivity contribution < 1.29 is 14.7 Å². The van der Waals surface area contributed by atoms with Gasteiger partial charge in [-0.05, 0) is 14.1 Å². The standard InChI is InChI=1S/C9H15N5O3/c1-13(2)4-3-8(15)10-7-5-14(12-11-7)6-9(16)17/h5H,3-4,6H2,1-2H3,(H,10,15)(H,16,17). The van der Waals surface area contributed by atoms with Crippen LogP contribution < -0.4 is 5.32 Å². The second-order valence-electron chi connectivity index (χ2n) is 3.80. The van der Waals surface area contributed by atoms with Crippen molar-refractivity contribution in [2.75, 3.05) is 26.0 Å². The van der Waals surface area contributed by atoms with Gasteiger partial charge in [0, 0.05) is 13.0 Å². The molecule has 0 aliphatic heterocycles. The first-order valence-electron chi connectivity index (χ1n) is 5.04. The van der Waals surface area contributed by atoms with Gasteiger partial charge in [-0.2, -0.15) is 0 Å². The van der Waals surface area contributed by atoms with Gasteiger partial charge in [0.2, 0.25) is 5.91 Å². The zero-order valence-corrected chi connectivity index (χ0v) is 9.75. The van der Waals surface area contributed by atoms with Crippen molar-refractivity contribution in [3.63, 3.8) is 0 Å². The number of hydrogen-bond acceptors (Lipinski definition) is 5. The van der Waals surface area contributed by atoms with Crippen LogP contribution in [0.2, 0.25) is 0 Å². The summed E-state index contributed by atoms with van der Waals surface area (Å²) in [5.74, 6) is -0.934. The van der Waals surface area contributed by atoms with Crippen LogP contribution in [-0.2, 0) is 16.1 Å². The van der Waals surface area contributed by atoms with Crippen molar-refractivity contribution in [1.29, 1.82) is 0 Å². The highest BCUT2D eigenvalue weighted by Gasteiger charge is 2.07. The van der Waals surface area contributed by atoms with Crippen molar-refractivity contribution >= 4 is 17.7 Å². The van der Waals surface area contributed by atoms with Gasteiger partial charge in [0.15, 0.2) is 5.82 Å². The van der Waals surface area contributed by atoms with Crippen molar-refractivity contribution in [3.05, 3.63) is 6.20 Å². The van der Waals surface area contributed by atoms with Gasteiger partial charge in [0.1, 0.15) is 6.54 Å². The molecule has 0 aliphatic rings. The molecular formula is C9H15N5O3. The van der Waals surface area contributed by atoms with Crippen LogP contribution in [-0.4, -0.2) is 57.5 Å². The smallest absolute Gasteiger partial charge is 0.325 e. The van der Waals surface area contributed by atoms with Gasteiger partial charge in [-0.1, -0.05) is 5.21 Å². The molecule has 0 bridgehead atoms. The third kappa shape index (κ3) is 5.07. The molecule has 8 nitrogen and oxygen atoms in total. The van der Waals surface area contributed by atoms with Gasteiger partial charge < -0.3 is 15.3 Å². The Morgan fingerprint density at radius 1 is 1.53 bits per heavy atom. The van der Waals surface area contributed by atoms with Crippen molar-refractivity contribution in [2.24, 2.45) is 0 Å². The van der Waals surface area contributed by atoms with Gasteiger partial charge in [-0.15, -0.1) is 5.10 Å². The molecule has 0 aliphatic carbocycles. The second kappa shape index (κ2) is 5.94. The highest BCUT2D eigenvalue weighted by atomic mass is 16.4. The maximum atomic E-state index is 11.4. The third-order valence-electron chi connectivity index (χ3n) is 1.89. The Bertz CT molecular complexity index is 401. The zero-order chi connectivity index (χ0) is 12.8. The molecule has 0 saturated carbocycles. The van der Waals surface area contributed by atoms with Crippen molar-refractivity contribution in [3.8, 4) is 0 Å². The van der Waals surface area contributed by atoms with Crippen LogP contribution in [0.15, 0.2) is 6.20 Å². The lowest BCUT2D eigenvalue weighted by Crippen LogP contribution is -2.20. The minimum absolute atomic E-state index is 0.180. The molecule has 0 fully saturated rings. The molecule has 17 heavy (non-hydrogen) atoms. The van der Waals surface area contributed by atoms with Crippen LogP contribution in [0.1, 0.15) is 6.42 Å². The van der Waals surface area contributed by atoms with E-state index in [1.54, 1.807) is 0 Å². The molecule has 1 rings (SSSR count). The summed E-state index contributed by atoms with van der Waals surface area (Å²) in [5, 5.41) is 18.3. The van der Waals surface area contributed by atoms with Gasteiger partial charge in [0.05, 0.1) is 6.20 Å². The SMILES string of the molecule is CN(C)CCC(=O)Nc1cn(CC(=O)O)nn1. The predicted octanol–water partition coefficient (Wildman–Crippen LogP) is -0.747. The fourth-order valence-corrected chi connectivity index (χ4v) is 1.10. The number of anilines is 1. The summed E-state index contributed by atoms with van der Waals surface area (Å²) in [5.41, 5.74) is 0. The summed E-state index contributed by atoms with van der Waals surface area (Å²) >= 11 is 0. The lowest BCUT2D eigenvalue weighted by molar-refractivity contribution is -0.137. The molecule has 0 unspecified atom stereocenters. The largest absolute Gasteiger partial charge is 0.480 e. The van der Waals surface area contributed by atoms with Crippen molar-refractivity contribution in [1.82, 2.24) is 19.9 Å². The van der Waals surface area contributed by atoms with E-state index in [9.17, 15) is 9.59 Å². The van der Waals surface area contributed by atoms with E-state index in [0.29, 0.717) is 13.0 Å². The molecule has 0 atom stereocenters. The minimum Gasteiger partial charge on any atom is -0.480 e. The molecule has 1 amide bonds. The van der Waals surface area contributed by atoms with Crippen LogP contribution in [0.5, 0.6) is 0 Å². The number of carboxylic acid groups (broad SMARTS) is 1. The van der Waals surface area contributed by atoms with E-state index in [0.717, 1.165) is 4.68 Å². The molecule has 1 aromatic rings. The molecular weight excluding hydrogens is 226 g/mol. The number of rotatable bonds is 6. The normalized spacial score (nSPS) is 10.5. The summed E-state index contributed by atoms with van der Waals surface area (Å²) in [6.07, 6.45) is 1.72. The first-order chi connectivity index (χ1) is 7.97. The summed E-state index contributed by atoms with van der Waals surface area (Å²) in [4.78, 5) is 23.7. The molecule has 0 radical (unpaired) electrons. The summed E-state index contributed by atoms with van der Waals surface area (Å²) in [7, 11) is 3.74. The molecule has 1 aromatic heterocycles. The average molecular weight is 241 g/mol. The zero-order valence-electron chi connectivity index (χ0n) is 9.75. The number of carboxylic acids is 1. The Labute approximate surface area is 98.2 Å². The molecule has 0 spiro atoms. The van der Waals surface area contributed by atoms with E-state index in [1.807, 2.05) is 19.0 Å². The maximum absolute atomic E-state index is 11.4. The fourth-order valence-electron chi connectivity index (χ4n) is 1.10. The number of aromatic nitrogens is 3. The molecule has 1 heterocycles. The van der Waals surface area contributed by atoms with E-state index in [1.165, 1.54) is 6.20 Å². The highest BCUT2D eigenvalue weighted by molar-refractivity contribution is 5.89. The van der Waals surface area contributed by atoms with E-state index in [4.69, 9.17) is 5.11 Å². The van der Waals surface area contributed by atoms with Gasteiger partial charge >= 0.3 is 5.97 Å². The Kier molecular flexibility index (Phi) is 4.58. The third-order valence-corrected chi connectivity index (χ3v) is 1.89. The Hall–Kier alpha value is -1.96. The van der Waals surface area contributed by atoms with Gasteiger partial charge in [-0.3, -0.25) is 9.59 Å². The Morgan fingerprint density at radius 2 is 2.24 bits per heavy atom. The number of nitrogens with one attached hydrogen (secondary N) is 1. The first-order valence-corrected chi connectivity index (χ1v) is 5.04. The highest BCUT2D eigenvalue weighted by Crippen LogP contribution is 2.00. The molecule has 0 saturated heterocycles. The predicted molar refractivity (Wildman–Crippen MR) is 59.5 cm³/mol. The number of hydrogen-bond donors (Lipinski definition) is 2. The lowest BCUT2D eigenvalue weighted by atomic mass is 10.4. The number of nitrogens with zero attached hydrogens (tertiary/aromatic N) is 4. The number of aliphatic carboxylic acids is 1. The minimum atomic E-state index is -1.01. The van der Waals surface area contributed by atoms with Crippen molar-refractivity contribution in [2.45, 2.75) is 13.0 Å². The van der Waals surface area contributed by atoms with E-state index >= 15 is 0 Å². The molecule has 94 valence electrons. The molecule has 2 N–H and O–H groups in total. The first kappa shape index (κ1) is 13.1. The lowest BCUT2D eigenvalue weighted by Gasteiger charge is -2.07. The monoisotopic (exact) mass is 241 g/mol. The Balaban J connectivity index is 2.43. The van der Waals surface area contributed by atoms with E-state index in [2.05, 4.69) is 15.6 Å². The van der Waals surface area contributed by atoms with Crippen LogP contribution in [0.3, 0.4) is 0 Å². The molecule has 0 aromatic carbocycles. The number of amides is 1. The van der Waals surface area contributed by atoms with Gasteiger partial charge in [0.25, 0.3) is 0 Å². The van der Waals surface area contributed by atoms with Crippen LogP contribution >= 0.6 is 0 Å².